The maximum absolute atomic E-state index is 10.5. The predicted molar refractivity (Wildman–Crippen MR) is 67.6 cm³/mol. The summed E-state index contributed by atoms with van der Waals surface area (Å²) in [6.07, 6.45) is 1.75. The molecule has 0 atom stereocenters. The van der Waals surface area contributed by atoms with Crippen LogP contribution in [-0.4, -0.2) is 35.2 Å². The minimum Gasteiger partial charge on any atom is -0.388 e. The topological polar surface area (TPSA) is 35.5 Å². The number of rotatable bonds is 2. The highest BCUT2D eigenvalue weighted by Gasteiger charge is 2.33. The van der Waals surface area contributed by atoms with Crippen molar-refractivity contribution in [1.29, 1.82) is 0 Å². The molecule has 0 aliphatic carbocycles. The summed E-state index contributed by atoms with van der Waals surface area (Å²) in [6.45, 7) is 4.68. The number of aliphatic hydroxyl groups is 1. The third-order valence-electron chi connectivity index (χ3n) is 3.96. The first kappa shape index (κ1) is 11.2. The second-order valence-corrected chi connectivity index (χ2v) is 5.39. The van der Waals surface area contributed by atoms with E-state index in [-0.39, 0.29) is 0 Å². The third-order valence-corrected chi connectivity index (χ3v) is 3.96. The Morgan fingerprint density at radius 3 is 2.29 bits per heavy atom. The summed E-state index contributed by atoms with van der Waals surface area (Å²) in [5.41, 5.74) is 2.36. The lowest BCUT2D eigenvalue weighted by Crippen LogP contribution is -2.48. The average molecular weight is 232 g/mol. The van der Waals surface area contributed by atoms with Gasteiger partial charge in [-0.2, -0.15) is 0 Å². The molecule has 2 N–H and O–H groups in total. The quantitative estimate of drug-likeness (QED) is 0.802. The maximum atomic E-state index is 10.5. The molecule has 2 aliphatic rings. The van der Waals surface area contributed by atoms with E-state index < -0.39 is 5.60 Å². The molecule has 2 aliphatic heterocycles. The van der Waals surface area contributed by atoms with Crippen molar-refractivity contribution in [2.45, 2.75) is 31.5 Å². The first-order valence-corrected chi connectivity index (χ1v) is 6.47. The van der Waals surface area contributed by atoms with Gasteiger partial charge in [0.25, 0.3) is 0 Å². The second-order valence-electron chi connectivity index (χ2n) is 5.39. The number of piperidine rings is 1. The molecule has 0 amide bonds. The van der Waals surface area contributed by atoms with Gasteiger partial charge >= 0.3 is 0 Å². The minimum absolute atomic E-state index is 0.479. The predicted octanol–water partition coefficient (Wildman–Crippen LogP) is 1.12. The van der Waals surface area contributed by atoms with E-state index in [2.05, 4.69) is 34.5 Å². The van der Waals surface area contributed by atoms with E-state index >= 15 is 0 Å². The van der Waals surface area contributed by atoms with Gasteiger partial charge in [0.1, 0.15) is 0 Å². The zero-order chi connectivity index (χ0) is 11.7. The van der Waals surface area contributed by atoms with Crippen LogP contribution in [0, 0.1) is 0 Å². The Balaban J connectivity index is 1.65. The van der Waals surface area contributed by atoms with Crippen molar-refractivity contribution >= 4 is 0 Å². The summed E-state index contributed by atoms with van der Waals surface area (Å²) >= 11 is 0. The van der Waals surface area contributed by atoms with Gasteiger partial charge in [-0.1, -0.05) is 24.3 Å². The fraction of sp³-hybridized carbons (Fsp3) is 0.571. The number of benzene rings is 1. The first-order chi connectivity index (χ1) is 8.25. The lowest BCUT2D eigenvalue weighted by Gasteiger charge is -2.35. The monoisotopic (exact) mass is 232 g/mol. The Morgan fingerprint density at radius 2 is 1.71 bits per heavy atom. The number of nitrogens with one attached hydrogen (secondary N) is 1. The smallest absolute Gasteiger partial charge is 0.0798 e. The molecule has 0 bridgehead atoms. The number of fused-ring (bicyclic) bond motifs is 1. The highest BCUT2D eigenvalue weighted by atomic mass is 16.3. The van der Waals surface area contributed by atoms with E-state index in [1.807, 2.05) is 0 Å². The van der Waals surface area contributed by atoms with Crippen LogP contribution in [0.1, 0.15) is 24.0 Å². The molecule has 17 heavy (non-hydrogen) atoms. The standard InChI is InChI=1S/C14H20N2O/c17-14(5-7-15-8-6-14)11-16-9-12-3-1-2-4-13(12)10-16/h1-4,15,17H,5-11H2. The Hall–Kier alpha value is -0.900. The number of hydrogen-bond donors (Lipinski definition) is 2. The number of nitrogens with zero attached hydrogens (tertiary/aromatic N) is 1. The van der Waals surface area contributed by atoms with Crippen LogP contribution in [0.3, 0.4) is 0 Å². The fourth-order valence-electron chi connectivity index (χ4n) is 2.98. The van der Waals surface area contributed by atoms with Crippen LogP contribution in [0.2, 0.25) is 0 Å². The molecule has 1 aromatic rings. The van der Waals surface area contributed by atoms with Gasteiger partial charge in [0.15, 0.2) is 0 Å². The molecule has 0 spiro atoms. The van der Waals surface area contributed by atoms with Crippen molar-refractivity contribution in [3.8, 4) is 0 Å². The van der Waals surface area contributed by atoms with E-state index in [9.17, 15) is 5.11 Å². The van der Waals surface area contributed by atoms with Crippen LogP contribution < -0.4 is 5.32 Å². The largest absolute Gasteiger partial charge is 0.388 e. The molecule has 0 unspecified atom stereocenters. The Kier molecular flexibility index (Phi) is 2.90. The summed E-state index contributed by atoms with van der Waals surface area (Å²) < 4.78 is 0. The molecule has 92 valence electrons. The van der Waals surface area contributed by atoms with Gasteiger partial charge in [0, 0.05) is 19.6 Å². The van der Waals surface area contributed by atoms with Crippen LogP contribution in [0.25, 0.3) is 0 Å². The second kappa shape index (κ2) is 4.41. The van der Waals surface area contributed by atoms with Gasteiger partial charge in [-0.05, 0) is 37.1 Å². The Morgan fingerprint density at radius 1 is 1.12 bits per heavy atom. The molecule has 0 aromatic heterocycles. The zero-order valence-electron chi connectivity index (χ0n) is 10.2. The normalized spacial score (nSPS) is 23.6. The Labute approximate surface area is 102 Å². The van der Waals surface area contributed by atoms with Crippen LogP contribution in [0.5, 0.6) is 0 Å². The van der Waals surface area contributed by atoms with Crippen molar-refractivity contribution in [2.24, 2.45) is 0 Å². The summed E-state index contributed by atoms with van der Waals surface area (Å²) in [7, 11) is 0. The van der Waals surface area contributed by atoms with E-state index in [4.69, 9.17) is 0 Å². The van der Waals surface area contributed by atoms with E-state index in [1.165, 1.54) is 11.1 Å². The molecule has 1 aromatic carbocycles. The summed E-state index contributed by atoms with van der Waals surface area (Å²) in [5.74, 6) is 0. The van der Waals surface area contributed by atoms with Crippen LogP contribution in [0.4, 0.5) is 0 Å². The van der Waals surface area contributed by atoms with Crippen LogP contribution >= 0.6 is 0 Å². The van der Waals surface area contributed by atoms with Crippen LogP contribution in [0.15, 0.2) is 24.3 Å². The van der Waals surface area contributed by atoms with Gasteiger partial charge in [0.2, 0.25) is 0 Å². The number of hydrogen-bond acceptors (Lipinski definition) is 3. The summed E-state index contributed by atoms with van der Waals surface area (Å²) in [5, 5.41) is 13.8. The highest BCUT2D eigenvalue weighted by molar-refractivity contribution is 5.30. The minimum atomic E-state index is -0.479. The number of β-amino-alcohol motifs (C(OH)–C–C–N with tert-alkyl or cyclic N) is 1. The third kappa shape index (κ3) is 2.37. The molecule has 3 heteroatoms. The molecule has 3 nitrogen and oxygen atoms in total. The van der Waals surface area contributed by atoms with Gasteiger partial charge in [-0.3, -0.25) is 4.90 Å². The van der Waals surface area contributed by atoms with E-state index in [0.29, 0.717) is 0 Å². The molecule has 0 saturated carbocycles. The van der Waals surface area contributed by atoms with E-state index in [1.54, 1.807) is 0 Å². The molecule has 1 saturated heterocycles. The SMILES string of the molecule is OC1(CN2Cc3ccccc3C2)CCNCC1. The van der Waals surface area contributed by atoms with Gasteiger partial charge in [-0.15, -0.1) is 0 Å². The van der Waals surface area contributed by atoms with Crippen molar-refractivity contribution in [2.75, 3.05) is 19.6 Å². The summed E-state index contributed by atoms with van der Waals surface area (Å²) in [6, 6.07) is 8.59. The first-order valence-electron chi connectivity index (χ1n) is 6.47. The van der Waals surface area contributed by atoms with Gasteiger partial charge < -0.3 is 10.4 Å². The van der Waals surface area contributed by atoms with Gasteiger partial charge in [0.05, 0.1) is 5.60 Å². The van der Waals surface area contributed by atoms with Crippen molar-refractivity contribution in [1.82, 2.24) is 10.2 Å². The summed E-state index contributed by atoms with van der Waals surface area (Å²) in [4.78, 5) is 2.37. The van der Waals surface area contributed by atoms with Crippen molar-refractivity contribution in [3.63, 3.8) is 0 Å². The van der Waals surface area contributed by atoms with Gasteiger partial charge in [-0.25, -0.2) is 0 Å². The molecular weight excluding hydrogens is 212 g/mol. The molecule has 2 heterocycles. The maximum Gasteiger partial charge on any atom is 0.0798 e. The van der Waals surface area contributed by atoms with E-state index in [0.717, 1.165) is 45.6 Å². The van der Waals surface area contributed by atoms with Crippen molar-refractivity contribution < 1.29 is 5.11 Å². The highest BCUT2D eigenvalue weighted by Crippen LogP contribution is 2.26. The molecular formula is C14H20N2O. The molecule has 0 radical (unpaired) electrons. The fourth-order valence-corrected chi connectivity index (χ4v) is 2.98. The van der Waals surface area contributed by atoms with Crippen LogP contribution in [-0.2, 0) is 13.1 Å². The average Bonchev–Trinajstić information content (AvgIpc) is 2.71. The van der Waals surface area contributed by atoms with Crippen molar-refractivity contribution in [3.05, 3.63) is 35.4 Å². The molecule has 1 fully saturated rings. The molecule has 3 rings (SSSR count). The lowest BCUT2D eigenvalue weighted by atomic mass is 9.92. The Bertz CT molecular complexity index is 374. The lowest BCUT2D eigenvalue weighted by molar-refractivity contribution is -0.0220. The zero-order valence-corrected chi connectivity index (χ0v) is 10.2.